The molecule has 136 valence electrons. The molecule has 0 heterocycles. The Kier molecular flexibility index (Phi) is 8.63. The van der Waals surface area contributed by atoms with Crippen LogP contribution in [0.4, 0.5) is 0 Å². The molecule has 2 aromatic rings. The maximum atomic E-state index is 11.2. The van der Waals surface area contributed by atoms with E-state index in [1.807, 2.05) is 24.3 Å². The van der Waals surface area contributed by atoms with Gasteiger partial charge in [-0.3, -0.25) is 4.99 Å². The van der Waals surface area contributed by atoms with Crippen LogP contribution < -0.4 is 15.8 Å². The number of benzene rings is 2. The van der Waals surface area contributed by atoms with Gasteiger partial charge in [0.05, 0.1) is 4.90 Å². The molecule has 4 N–H and O–H groups in total. The van der Waals surface area contributed by atoms with Crippen LogP contribution in [0.2, 0.25) is 5.02 Å². The van der Waals surface area contributed by atoms with Crippen molar-refractivity contribution >= 4 is 51.6 Å². The third-order valence-electron chi connectivity index (χ3n) is 3.28. The summed E-state index contributed by atoms with van der Waals surface area (Å²) in [5, 5.41) is 12.1. The van der Waals surface area contributed by atoms with E-state index in [1.54, 1.807) is 19.2 Å². The zero-order valence-corrected chi connectivity index (χ0v) is 17.5. The standard InChI is InChI=1S/C16H19ClN4O2S.HI/c1-19-16(21-11-13-3-2-4-14(17)9-13)20-10-12-5-7-15(8-6-12)24(18,22)23;/h2-9H,10-11H2,1H3,(H2,18,22,23)(H2,19,20,21);1H. The largest absolute Gasteiger partial charge is 0.352 e. The summed E-state index contributed by atoms with van der Waals surface area (Å²) in [6.07, 6.45) is 0. The minimum atomic E-state index is -3.67. The molecule has 6 nitrogen and oxygen atoms in total. The first-order chi connectivity index (χ1) is 11.4. The number of hydrogen-bond donors (Lipinski definition) is 3. The molecular weight excluding hydrogens is 475 g/mol. The van der Waals surface area contributed by atoms with Gasteiger partial charge in [-0.25, -0.2) is 13.6 Å². The number of hydrogen-bond acceptors (Lipinski definition) is 3. The van der Waals surface area contributed by atoms with E-state index in [9.17, 15) is 8.42 Å². The molecule has 0 unspecified atom stereocenters. The number of primary sulfonamides is 1. The molecule has 0 radical (unpaired) electrons. The van der Waals surface area contributed by atoms with E-state index in [0.29, 0.717) is 24.1 Å². The molecule has 0 atom stereocenters. The zero-order valence-electron chi connectivity index (χ0n) is 13.6. The summed E-state index contributed by atoms with van der Waals surface area (Å²) in [6, 6.07) is 13.9. The van der Waals surface area contributed by atoms with Gasteiger partial charge in [0.1, 0.15) is 0 Å². The van der Waals surface area contributed by atoms with Crippen molar-refractivity contribution in [2.24, 2.45) is 10.1 Å². The molecular formula is C16H20ClIN4O2S. The van der Waals surface area contributed by atoms with Crippen molar-refractivity contribution in [1.29, 1.82) is 0 Å². The van der Waals surface area contributed by atoms with E-state index in [-0.39, 0.29) is 28.9 Å². The molecule has 0 aliphatic carbocycles. The molecule has 0 aliphatic heterocycles. The van der Waals surface area contributed by atoms with Crippen molar-refractivity contribution in [3.8, 4) is 0 Å². The van der Waals surface area contributed by atoms with Crippen LogP contribution in [-0.4, -0.2) is 21.4 Å². The van der Waals surface area contributed by atoms with Crippen LogP contribution in [0.15, 0.2) is 58.4 Å². The maximum absolute atomic E-state index is 11.2. The van der Waals surface area contributed by atoms with Gasteiger partial charge in [0.25, 0.3) is 0 Å². The van der Waals surface area contributed by atoms with E-state index >= 15 is 0 Å². The fourth-order valence-electron chi connectivity index (χ4n) is 2.04. The molecule has 0 aromatic heterocycles. The topological polar surface area (TPSA) is 96.6 Å². The highest BCUT2D eigenvalue weighted by Gasteiger charge is 2.07. The second-order valence-corrected chi connectivity index (χ2v) is 7.10. The lowest BCUT2D eigenvalue weighted by Gasteiger charge is -2.12. The third-order valence-corrected chi connectivity index (χ3v) is 4.45. The smallest absolute Gasteiger partial charge is 0.238 e. The first-order valence-corrected chi connectivity index (χ1v) is 9.11. The highest BCUT2D eigenvalue weighted by atomic mass is 127. The summed E-state index contributed by atoms with van der Waals surface area (Å²) < 4.78 is 22.4. The van der Waals surface area contributed by atoms with Gasteiger partial charge in [-0.05, 0) is 35.4 Å². The molecule has 0 aliphatic rings. The average Bonchev–Trinajstić information content (AvgIpc) is 2.55. The molecule has 25 heavy (non-hydrogen) atoms. The molecule has 0 amide bonds. The Hall–Kier alpha value is -1.36. The fourth-order valence-corrected chi connectivity index (χ4v) is 2.76. The Labute approximate surface area is 169 Å². The molecule has 0 saturated carbocycles. The number of guanidine groups is 1. The summed E-state index contributed by atoms with van der Waals surface area (Å²) in [7, 11) is -1.99. The van der Waals surface area contributed by atoms with E-state index in [2.05, 4.69) is 15.6 Å². The fraction of sp³-hybridized carbons (Fsp3) is 0.188. The maximum Gasteiger partial charge on any atom is 0.238 e. The number of nitrogens with two attached hydrogens (primary N) is 1. The number of sulfonamides is 1. The third kappa shape index (κ3) is 7.18. The molecule has 2 rings (SSSR count). The summed E-state index contributed by atoms with van der Waals surface area (Å²) in [5.74, 6) is 0.630. The summed E-state index contributed by atoms with van der Waals surface area (Å²) in [4.78, 5) is 4.24. The highest BCUT2D eigenvalue weighted by Crippen LogP contribution is 2.10. The second-order valence-electron chi connectivity index (χ2n) is 5.10. The van der Waals surface area contributed by atoms with Crippen molar-refractivity contribution in [3.05, 3.63) is 64.7 Å². The SMILES string of the molecule is CN=C(NCc1ccc(S(N)(=O)=O)cc1)NCc1cccc(Cl)c1.I. The Balaban J connectivity index is 0.00000312. The number of nitrogens with zero attached hydrogens (tertiary/aromatic N) is 1. The summed E-state index contributed by atoms with van der Waals surface area (Å²) >= 11 is 5.95. The minimum Gasteiger partial charge on any atom is -0.352 e. The number of halogens is 2. The van der Waals surface area contributed by atoms with Gasteiger partial charge >= 0.3 is 0 Å². The Bertz CT molecular complexity index is 826. The van der Waals surface area contributed by atoms with Gasteiger partial charge < -0.3 is 10.6 Å². The van der Waals surface area contributed by atoms with Crippen LogP contribution in [0.25, 0.3) is 0 Å². The van der Waals surface area contributed by atoms with Crippen molar-refractivity contribution in [2.45, 2.75) is 18.0 Å². The van der Waals surface area contributed by atoms with Gasteiger partial charge in [0.15, 0.2) is 5.96 Å². The highest BCUT2D eigenvalue weighted by molar-refractivity contribution is 14.0. The molecule has 0 bridgehead atoms. The van der Waals surface area contributed by atoms with Crippen LogP contribution in [0, 0.1) is 0 Å². The van der Waals surface area contributed by atoms with Gasteiger partial charge in [-0.2, -0.15) is 0 Å². The average molecular weight is 495 g/mol. The van der Waals surface area contributed by atoms with Crippen LogP contribution in [0.3, 0.4) is 0 Å². The number of aliphatic imine (C=N–C) groups is 1. The Morgan fingerprint density at radius 1 is 1.08 bits per heavy atom. The molecule has 0 spiro atoms. The lowest BCUT2D eigenvalue weighted by atomic mass is 10.2. The molecule has 9 heteroatoms. The van der Waals surface area contributed by atoms with Gasteiger partial charge in [0.2, 0.25) is 10.0 Å². The molecule has 0 saturated heterocycles. The van der Waals surface area contributed by atoms with E-state index in [0.717, 1.165) is 11.1 Å². The number of rotatable bonds is 5. The predicted molar refractivity (Wildman–Crippen MR) is 112 cm³/mol. The van der Waals surface area contributed by atoms with Gasteiger partial charge in [0, 0.05) is 25.2 Å². The molecule has 0 fully saturated rings. The summed E-state index contributed by atoms with van der Waals surface area (Å²) in [5.41, 5.74) is 1.95. The quantitative estimate of drug-likeness (QED) is 0.338. The second kappa shape index (κ2) is 9.95. The van der Waals surface area contributed by atoms with Gasteiger partial charge in [-0.1, -0.05) is 35.9 Å². The normalized spacial score (nSPS) is 11.6. The van der Waals surface area contributed by atoms with Crippen molar-refractivity contribution < 1.29 is 8.42 Å². The monoisotopic (exact) mass is 494 g/mol. The summed E-state index contributed by atoms with van der Waals surface area (Å²) in [6.45, 7) is 1.09. The zero-order chi connectivity index (χ0) is 17.6. The first kappa shape index (κ1) is 21.7. The first-order valence-electron chi connectivity index (χ1n) is 7.19. The lowest BCUT2D eigenvalue weighted by molar-refractivity contribution is 0.597. The van der Waals surface area contributed by atoms with Gasteiger partial charge in [-0.15, -0.1) is 24.0 Å². The van der Waals surface area contributed by atoms with E-state index in [1.165, 1.54) is 12.1 Å². The Morgan fingerprint density at radius 2 is 1.68 bits per heavy atom. The Morgan fingerprint density at radius 3 is 2.20 bits per heavy atom. The lowest BCUT2D eigenvalue weighted by Crippen LogP contribution is -2.36. The van der Waals surface area contributed by atoms with Crippen LogP contribution in [-0.2, 0) is 23.1 Å². The van der Waals surface area contributed by atoms with E-state index < -0.39 is 10.0 Å². The minimum absolute atomic E-state index is 0. The molecule has 2 aromatic carbocycles. The van der Waals surface area contributed by atoms with Crippen molar-refractivity contribution in [3.63, 3.8) is 0 Å². The predicted octanol–water partition coefficient (Wildman–Crippen LogP) is 2.47. The van der Waals surface area contributed by atoms with Crippen LogP contribution in [0.1, 0.15) is 11.1 Å². The number of nitrogens with one attached hydrogen (secondary N) is 2. The van der Waals surface area contributed by atoms with Crippen molar-refractivity contribution in [2.75, 3.05) is 7.05 Å². The van der Waals surface area contributed by atoms with Crippen molar-refractivity contribution in [1.82, 2.24) is 10.6 Å². The van der Waals surface area contributed by atoms with E-state index in [4.69, 9.17) is 16.7 Å². The van der Waals surface area contributed by atoms with Crippen LogP contribution >= 0.6 is 35.6 Å². The van der Waals surface area contributed by atoms with Crippen LogP contribution in [0.5, 0.6) is 0 Å².